The smallest absolute Gasteiger partial charge is 0.269 e. The molecule has 0 aliphatic carbocycles. The first kappa shape index (κ1) is 17.2. The van der Waals surface area contributed by atoms with Crippen molar-refractivity contribution in [3.8, 4) is 0 Å². The summed E-state index contributed by atoms with van der Waals surface area (Å²) in [5.41, 5.74) is 14.3. The standard InChI is InChI=1S/C18H19N7O/c1-11-3-6-13(7-4-11)18(26)25-24-17-15(19)16(21-10-22-17)23-14-8-5-12(2)9-20-14/h3-10H,19H2,1-2H3,(H,25,26)(H2,20,21,22,23,24). The minimum Gasteiger partial charge on any atom is -0.393 e. The Labute approximate surface area is 150 Å². The van der Waals surface area contributed by atoms with Crippen molar-refractivity contribution in [3.05, 3.63) is 65.6 Å². The van der Waals surface area contributed by atoms with Crippen LogP contribution < -0.4 is 21.9 Å². The van der Waals surface area contributed by atoms with Gasteiger partial charge in [0.15, 0.2) is 11.6 Å². The molecule has 0 radical (unpaired) electrons. The predicted molar refractivity (Wildman–Crippen MR) is 101 cm³/mol. The highest BCUT2D eigenvalue weighted by atomic mass is 16.2. The number of nitrogens with two attached hydrogens (primary N) is 1. The Bertz CT molecular complexity index is 908. The minimum absolute atomic E-state index is 0.263. The van der Waals surface area contributed by atoms with E-state index in [1.807, 2.05) is 38.1 Å². The van der Waals surface area contributed by atoms with Crippen molar-refractivity contribution >= 4 is 29.0 Å². The van der Waals surface area contributed by atoms with Crippen LogP contribution >= 0.6 is 0 Å². The number of nitrogens with one attached hydrogen (secondary N) is 3. The van der Waals surface area contributed by atoms with Crippen LogP contribution in [0.1, 0.15) is 21.5 Å². The number of aromatic nitrogens is 3. The molecule has 5 N–H and O–H groups in total. The van der Waals surface area contributed by atoms with Gasteiger partial charge in [-0.05, 0) is 37.6 Å². The lowest BCUT2D eigenvalue weighted by Gasteiger charge is -2.13. The van der Waals surface area contributed by atoms with Gasteiger partial charge in [0.05, 0.1) is 0 Å². The molecule has 2 aromatic heterocycles. The van der Waals surface area contributed by atoms with E-state index in [0.717, 1.165) is 11.1 Å². The van der Waals surface area contributed by atoms with Crippen molar-refractivity contribution in [1.29, 1.82) is 0 Å². The third-order valence-electron chi connectivity index (χ3n) is 3.65. The molecule has 1 amide bonds. The molecular weight excluding hydrogens is 330 g/mol. The molecule has 0 aliphatic heterocycles. The Morgan fingerprint density at radius 2 is 1.62 bits per heavy atom. The Balaban J connectivity index is 1.69. The molecule has 132 valence electrons. The molecule has 3 aromatic rings. The first-order valence-electron chi connectivity index (χ1n) is 7.96. The number of aryl methyl sites for hydroxylation is 2. The SMILES string of the molecule is Cc1ccc(C(=O)NNc2ncnc(Nc3ccc(C)cn3)c2N)cc1. The maximum atomic E-state index is 12.2. The Morgan fingerprint density at radius 1 is 0.923 bits per heavy atom. The monoisotopic (exact) mass is 349 g/mol. The number of hydrazine groups is 1. The number of hydrogen-bond donors (Lipinski definition) is 4. The van der Waals surface area contributed by atoms with E-state index < -0.39 is 0 Å². The highest BCUT2D eigenvalue weighted by Gasteiger charge is 2.10. The van der Waals surface area contributed by atoms with E-state index in [0.29, 0.717) is 17.2 Å². The summed E-state index contributed by atoms with van der Waals surface area (Å²) >= 11 is 0. The average molecular weight is 349 g/mol. The molecule has 3 rings (SSSR count). The van der Waals surface area contributed by atoms with Crippen molar-refractivity contribution < 1.29 is 4.79 Å². The van der Waals surface area contributed by atoms with Gasteiger partial charge in [-0.15, -0.1) is 0 Å². The zero-order valence-corrected chi connectivity index (χ0v) is 14.4. The molecule has 26 heavy (non-hydrogen) atoms. The maximum Gasteiger partial charge on any atom is 0.269 e. The first-order chi connectivity index (χ1) is 12.5. The Morgan fingerprint density at radius 3 is 2.31 bits per heavy atom. The number of pyridine rings is 1. The molecule has 0 bridgehead atoms. The van der Waals surface area contributed by atoms with Gasteiger partial charge in [0.1, 0.15) is 17.8 Å². The van der Waals surface area contributed by atoms with Crippen LogP contribution in [0.25, 0.3) is 0 Å². The van der Waals surface area contributed by atoms with E-state index in [1.54, 1.807) is 18.3 Å². The zero-order valence-electron chi connectivity index (χ0n) is 14.4. The fourth-order valence-electron chi connectivity index (χ4n) is 2.15. The van der Waals surface area contributed by atoms with Crippen LogP contribution in [0.3, 0.4) is 0 Å². The van der Waals surface area contributed by atoms with Gasteiger partial charge in [-0.3, -0.25) is 15.6 Å². The Kier molecular flexibility index (Phi) is 4.93. The molecule has 0 unspecified atom stereocenters. The molecule has 1 aromatic carbocycles. The summed E-state index contributed by atoms with van der Waals surface area (Å²) in [5.74, 6) is 0.992. The van der Waals surface area contributed by atoms with Gasteiger partial charge < -0.3 is 11.1 Å². The number of rotatable bonds is 5. The largest absolute Gasteiger partial charge is 0.393 e. The second-order valence-corrected chi connectivity index (χ2v) is 5.78. The van der Waals surface area contributed by atoms with Crippen molar-refractivity contribution in [2.24, 2.45) is 0 Å². The lowest BCUT2D eigenvalue weighted by atomic mass is 10.1. The van der Waals surface area contributed by atoms with Crippen LogP contribution in [-0.2, 0) is 0 Å². The summed E-state index contributed by atoms with van der Waals surface area (Å²) in [7, 11) is 0. The number of amides is 1. The van der Waals surface area contributed by atoms with Gasteiger partial charge in [0, 0.05) is 11.8 Å². The highest BCUT2D eigenvalue weighted by Crippen LogP contribution is 2.24. The molecule has 0 spiro atoms. The lowest BCUT2D eigenvalue weighted by Crippen LogP contribution is -2.30. The van der Waals surface area contributed by atoms with E-state index in [9.17, 15) is 4.79 Å². The molecule has 8 nitrogen and oxygen atoms in total. The fraction of sp³-hybridized carbons (Fsp3) is 0.111. The van der Waals surface area contributed by atoms with E-state index in [-0.39, 0.29) is 17.4 Å². The van der Waals surface area contributed by atoms with E-state index in [4.69, 9.17) is 5.73 Å². The quantitative estimate of drug-likeness (QED) is 0.523. The van der Waals surface area contributed by atoms with Gasteiger partial charge in [-0.1, -0.05) is 23.8 Å². The van der Waals surface area contributed by atoms with Crippen LogP contribution in [0.4, 0.5) is 23.1 Å². The van der Waals surface area contributed by atoms with Gasteiger partial charge in [0.2, 0.25) is 0 Å². The number of nitrogen functional groups attached to an aromatic ring is 1. The third kappa shape index (κ3) is 4.04. The zero-order chi connectivity index (χ0) is 18.5. The molecule has 2 heterocycles. The van der Waals surface area contributed by atoms with E-state index in [1.165, 1.54) is 6.33 Å². The predicted octanol–water partition coefficient (Wildman–Crippen LogP) is 2.57. The molecule has 8 heteroatoms. The normalized spacial score (nSPS) is 10.2. The number of benzene rings is 1. The molecule has 0 saturated heterocycles. The molecule has 0 fully saturated rings. The molecule has 0 aliphatic rings. The minimum atomic E-state index is -0.294. The van der Waals surface area contributed by atoms with Crippen LogP contribution in [-0.4, -0.2) is 20.9 Å². The fourth-order valence-corrected chi connectivity index (χ4v) is 2.15. The van der Waals surface area contributed by atoms with Gasteiger partial charge in [-0.2, -0.15) is 0 Å². The topological polar surface area (TPSA) is 118 Å². The van der Waals surface area contributed by atoms with Gasteiger partial charge in [0.25, 0.3) is 5.91 Å². The first-order valence-corrected chi connectivity index (χ1v) is 7.96. The van der Waals surface area contributed by atoms with Crippen LogP contribution in [0, 0.1) is 13.8 Å². The van der Waals surface area contributed by atoms with E-state index >= 15 is 0 Å². The second kappa shape index (κ2) is 7.47. The van der Waals surface area contributed by atoms with Crippen molar-refractivity contribution in [3.63, 3.8) is 0 Å². The summed E-state index contributed by atoms with van der Waals surface area (Å²) in [6.45, 7) is 3.91. The third-order valence-corrected chi connectivity index (χ3v) is 3.65. The van der Waals surface area contributed by atoms with E-state index in [2.05, 4.69) is 31.1 Å². The van der Waals surface area contributed by atoms with Crippen molar-refractivity contribution in [2.75, 3.05) is 16.5 Å². The van der Waals surface area contributed by atoms with Gasteiger partial charge >= 0.3 is 0 Å². The summed E-state index contributed by atoms with van der Waals surface area (Å²) < 4.78 is 0. The summed E-state index contributed by atoms with van der Waals surface area (Å²) in [5, 5.41) is 3.03. The molecule has 0 atom stereocenters. The van der Waals surface area contributed by atoms with Crippen LogP contribution in [0.2, 0.25) is 0 Å². The summed E-state index contributed by atoms with van der Waals surface area (Å²) in [4.78, 5) is 24.6. The molecule has 0 saturated carbocycles. The number of anilines is 4. The van der Waals surface area contributed by atoms with Crippen molar-refractivity contribution in [1.82, 2.24) is 20.4 Å². The number of hydrogen-bond acceptors (Lipinski definition) is 7. The maximum absolute atomic E-state index is 12.2. The highest BCUT2D eigenvalue weighted by molar-refractivity contribution is 5.95. The second-order valence-electron chi connectivity index (χ2n) is 5.78. The van der Waals surface area contributed by atoms with Gasteiger partial charge in [-0.25, -0.2) is 15.0 Å². The lowest BCUT2D eigenvalue weighted by molar-refractivity contribution is 0.0962. The number of nitrogens with zero attached hydrogens (tertiary/aromatic N) is 3. The number of carbonyl (C=O) groups excluding carboxylic acids is 1. The summed E-state index contributed by atoms with van der Waals surface area (Å²) in [6, 6.07) is 11.0. The van der Waals surface area contributed by atoms with Crippen LogP contribution in [0.15, 0.2) is 48.9 Å². The number of carbonyl (C=O) groups is 1. The molecular formula is C18H19N7O. The van der Waals surface area contributed by atoms with Crippen LogP contribution in [0.5, 0.6) is 0 Å². The van der Waals surface area contributed by atoms with Crippen molar-refractivity contribution in [2.45, 2.75) is 13.8 Å². The average Bonchev–Trinajstić information content (AvgIpc) is 2.64. The Hall–Kier alpha value is -3.68. The summed E-state index contributed by atoms with van der Waals surface area (Å²) in [6.07, 6.45) is 3.08.